The lowest BCUT2D eigenvalue weighted by molar-refractivity contribution is -0.127. The number of hydrogen-bond donors (Lipinski definition) is 2. The van der Waals surface area contributed by atoms with Gasteiger partial charge in [0, 0.05) is 10.9 Å². The predicted octanol–water partition coefficient (Wildman–Crippen LogP) is 1.56. The van der Waals surface area contributed by atoms with Crippen molar-refractivity contribution in [1.82, 2.24) is 10.3 Å². The van der Waals surface area contributed by atoms with Crippen LogP contribution in [0.3, 0.4) is 0 Å². The number of amides is 3. The molecule has 0 aliphatic heterocycles. The van der Waals surface area contributed by atoms with Crippen molar-refractivity contribution in [3.63, 3.8) is 0 Å². The van der Waals surface area contributed by atoms with Crippen LogP contribution in [0.4, 0.5) is 4.79 Å². The average Bonchev–Trinajstić information content (AvgIpc) is 3.04. The molecule has 3 N–H and O–H groups in total. The summed E-state index contributed by atoms with van der Waals surface area (Å²) in [5.74, 6) is -0.858. The second-order valence-corrected chi connectivity index (χ2v) is 5.53. The maximum Gasteiger partial charge on any atom is 0.358 e. The lowest BCUT2D eigenvalue weighted by Gasteiger charge is -2.10. The van der Waals surface area contributed by atoms with Crippen LogP contribution in [0.5, 0.6) is 5.75 Å². The number of urea groups is 1. The molecule has 1 heterocycles. The van der Waals surface area contributed by atoms with Crippen molar-refractivity contribution in [3.05, 3.63) is 35.3 Å². The smallest absolute Gasteiger partial charge is 0.358 e. The van der Waals surface area contributed by atoms with Crippen LogP contribution in [0, 0.1) is 0 Å². The Morgan fingerprint density at radius 3 is 2.50 bits per heavy atom. The minimum atomic E-state index is -1.17. The first kappa shape index (κ1) is 17.4. The van der Waals surface area contributed by atoms with E-state index in [4.69, 9.17) is 15.2 Å². The average molecular weight is 349 g/mol. The molecule has 8 nitrogen and oxygen atoms in total. The second-order valence-electron chi connectivity index (χ2n) is 4.67. The van der Waals surface area contributed by atoms with Gasteiger partial charge in [-0.1, -0.05) is 0 Å². The zero-order valence-electron chi connectivity index (χ0n) is 12.9. The Kier molecular flexibility index (Phi) is 5.48. The molecule has 126 valence electrons. The molecule has 24 heavy (non-hydrogen) atoms. The number of primary amides is 1. The molecule has 0 saturated heterocycles. The zero-order chi connectivity index (χ0) is 17.7. The molecule has 1 aromatic carbocycles. The highest BCUT2D eigenvalue weighted by molar-refractivity contribution is 7.13. The summed E-state index contributed by atoms with van der Waals surface area (Å²) in [6, 6.07) is 6.18. The van der Waals surface area contributed by atoms with E-state index in [1.54, 1.807) is 19.2 Å². The number of carbonyl (C=O) groups excluding carboxylic acids is 3. The highest BCUT2D eigenvalue weighted by Crippen LogP contribution is 2.26. The molecule has 1 aromatic heterocycles. The standard InChI is InChI=1S/C15H15N3O5S/c1-8(12(19)18-15(16)21)23-14(20)11-7-24-13(17-11)9-3-5-10(22-2)6-4-9/h3-8H,1-2H3,(H3,16,18,19,21)/t8-/m1/s1. The summed E-state index contributed by atoms with van der Waals surface area (Å²) < 4.78 is 10.0. The van der Waals surface area contributed by atoms with Crippen LogP contribution in [-0.4, -0.2) is 36.1 Å². The number of carbonyl (C=O) groups is 3. The van der Waals surface area contributed by atoms with E-state index in [0.717, 1.165) is 5.56 Å². The molecule has 0 bridgehead atoms. The van der Waals surface area contributed by atoms with Crippen molar-refractivity contribution in [1.29, 1.82) is 0 Å². The van der Waals surface area contributed by atoms with E-state index in [-0.39, 0.29) is 5.69 Å². The van der Waals surface area contributed by atoms with Gasteiger partial charge in [0.15, 0.2) is 11.8 Å². The first-order valence-electron chi connectivity index (χ1n) is 6.82. The van der Waals surface area contributed by atoms with Crippen LogP contribution in [0.2, 0.25) is 0 Å². The molecule has 0 fully saturated rings. The van der Waals surface area contributed by atoms with Crippen LogP contribution < -0.4 is 15.8 Å². The number of methoxy groups -OCH3 is 1. The molecule has 0 spiro atoms. The highest BCUT2D eigenvalue weighted by Gasteiger charge is 2.21. The van der Waals surface area contributed by atoms with Crippen molar-refractivity contribution < 1.29 is 23.9 Å². The van der Waals surface area contributed by atoms with Gasteiger partial charge in [-0.3, -0.25) is 10.1 Å². The highest BCUT2D eigenvalue weighted by atomic mass is 32.1. The number of hydrogen-bond acceptors (Lipinski definition) is 7. The Labute approximate surface area is 141 Å². The molecule has 3 amide bonds. The quantitative estimate of drug-likeness (QED) is 0.790. The predicted molar refractivity (Wildman–Crippen MR) is 86.7 cm³/mol. The Hall–Kier alpha value is -2.94. The van der Waals surface area contributed by atoms with E-state index < -0.39 is 24.0 Å². The second kappa shape index (κ2) is 7.55. The number of nitrogens with one attached hydrogen (secondary N) is 1. The number of aromatic nitrogens is 1. The van der Waals surface area contributed by atoms with Gasteiger partial charge in [-0.15, -0.1) is 11.3 Å². The van der Waals surface area contributed by atoms with Crippen LogP contribution in [-0.2, 0) is 9.53 Å². The topological polar surface area (TPSA) is 121 Å². The number of esters is 1. The zero-order valence-corrected chi connectivity index (χ0v) is 13.8. The minimum Gasteiger partial charge on any atom is -0.497 e. The summed E-state index contributed by atoms with van der Waals surface area (Å²) in [4.78, 5) is 38.3. The molecular weight excluding hydrogens is 334 g/mol. The van der Waals surface area contributed by atoms with Crippen LogP contribution in [0.25, 0.3) is 10.6 Å². The van der Waals surface area contributed by atoms with E-state index in [1.807, 2.05) is 17.4 Å². The first-order chi connectivity index (χ1) is 11.4. The molecule has 0 aliphatic rings. The maximum atomic E-state index is 12.0. The van der Waals surface area contributed by atoms with Gasteiger partial charge >= 0.3 is 12.0 Å². The fraction of sp³-hybridized carbons (Fsp3) is 0.200. The van der Waals surface area contributed by atoms with Gasteiger partial charge in [0.05, 0.1) is 7.11 Å². The number of rotatable bonds is 5. The summed E-state index contributed by atoms with van der Waals surface area (Å²) in [7, 11) is 1.57. The van der Waals surface area contributed by atoms with Crippen LogP contribution in [0.1, 0.15) is 17.4 Å². The van der Waals surface area contributed by atoms with Crippen molar-refractivity contribution in [3.8, 4) is 16.3 Å². The van der Waals surface area contributed by atoms with Crippen LogP contribution in [0.15, 0.2) is 29.6 Å². The normalized spacial score (nSPS) is 11.4. The summed E-state index contributed by atoms with van der Waals surface area (Å²) in [6.45, 7) is 1.33. The summed E-state index contributed by atoms with van der Waals surface area (Å²) >= 11 is 1.26. The third-order valence-electron chi connectivity index (χ3n) is 2.95. The Bertz CT molecular complexity index is 757. The fourth-order valence-electron chi connectivity index (χ4n) is 1.73. The number of nitrogens with two attached hydrogens (primary N) is 1. The molecule has 0 aliphatic carbocycles. The van der Waals surface area contributed by atoms with Gasteiger partial charge in [-0.05, 0) is 31.2 Å². The summed E-state index contributed by atoms with van der Waals surface area (Å²) in [5.41, 5.74) is 5.72. The van der Waals surface area contributed by atoms with Gasteiger partial charge in [0.1, 0.15) is 10.8 Å². The molecule has 1 atom stereocenters. The van der Waals surface area contributed by atoms with Crippen molar-refractivity contribution in [2.24, 2.45) is 5.73 Å². The molecule has 2 aromatic rings. The third-order valence-corrected chi connectivity index (χ3v) is 3.84. The van der Waals surface area contributed by atoms with E-state index in [9.17, 15) is 14.4 Å². The number of thiazole rings is 1. The molecule has 9 heteroatoms. The lowest BCUT2D eigenvalue weighted by Crippen LogP contribution is -2.42. The lowest BCUT2D eigenvalue weighted by atomic mass is 10.2. The Morgan fingerprint density at radius 1 is 1.25 bits per heavy atom. The van der Waals surface area contributed by atoms with Gasteiger partial charge < -0.3 is 15.2 Å². The van der Waals surface area contributed by atoms with Gasteiger partial charge in [0.25, 0.3) is 5.91 Å². The van der Waals surface area contributed by atoms with Crippen molar-refractivity contribution in [2.45, 2.75) is 13.0 Å². The monoisotopic (exact) mass is 349 g/mol. The molecule has 0 radical (unpaired) electrons. The first-order valence-corrected chi connectivity index (χ1v) is 7.70. The Balaban J connectivity index is 2.05. The van der Waals surface area contributed by atoms with Crippen molar-refractivity contribution >= 4 is 29.2 Å². The minimum absolute atomic E-state index is 0.0737. The number of benzene rings is 1. The number of ether oxygens (including phenoxy) is 2. The van der Waals surface area contributed by atoms with Crippen molar-refractivity contribution in [2.75, 3.05) is 7.11 Å². The van der Waals surface area contributed by atoms with E-state index in [1.165, 1.54) is 23.6 Å². The van der Waals surface area contributed by atoms with E-state index in [2.05, 4.69) is 4.98 Å². The summed E-state index contributed by atoms with van der Waals surface area (Å²) in [5, 5.41) is 3.99. The SMILES string of the molecule is COc1ccc(-c2nc(C(=O)O[C@H](C)C(=O)NC(N)=O)cs2)cc1. The fourth-order valence-corrected chi connectivity index (χ4v) is 2.53. The number of imide groups is 1. The Morgan fingerprint density at radius 2 is 1.92 bits per heavy atom. The molecule has 2 rings (SSSR count). The molecule has 0 unspecified atom stereocenters. The van der Waals surface area contributed by atoms with E-state index >= 15 is 0 Å². The maximum absolute atomic E-state index is 12.0. The van der Waals surface area contributed by atoms with Crippen LogP contribution >= 0.6 is 11.3 Å². The molecule has 0 saturated carbocycles. The van der Waals surface area contributed by atoms with Gasteiger partial charge in [-0.2, -0.15) is 0 Å². The number of nitrogens with zero attached hydrogens (tertiary/aromatic N) is 1. The van der Waals surface area contributed by atoms with Gasteiger partial charge in [0.2, 0.25) is 0 Å². The third kappa shape index (κ3) is 4.29. The summed E-state index contributed by atoms with van der Waals surface area (Å²) in [6.07, 6.45) is -1.17. The van der Waals surface area contributed by atoms with Gasteiger partial charge in [-0.25, -0.2) is 14.6 Å². The molecular formula is C15H15N3O5S. The van der Waals surface area contributed by atoms with E-state index in [0.29, 0.717) is 10.8 Å². The largest absolute Gasteiger partial charge is 0.497 e.